The highest BCUT2D eigenvalue weighted by atomic mass is 16.6. The van der Waals surface area contributed by atoms with Crippen LogP contribution in [0.3, 0.4) is 0 Å². The van der Waals surface area contributed by atoms with Crippen molar-refractivity contribution in [2.45, 2.75) is 27.7 Å². The van der Waals surface area contributed by atoms with Crippen molar-refractivity contribution in [2.75, 3.05) is 0 Å². The highest BCUT2D eigenvalue weighted by Crippen LogP contribution is 2.36. The summed E-state index contributed by atoms with van der Waals surface area (Å²) in [7, 11) is 0. The summed E-state index contributed by atoms with van der Waals surface area (Å²) in [4.78, 5) is 31.9. The molecule has 2 heterocycles. The van der Waals surface area contributed by atoms with Gasteiger partial charge in [-0.2, -0.15) is 0 Å². The zero-order chi connectivity index (χ0) is 18.8. The lowest BCUT2D eigenvalue weighted by atomic mass is 10.0. The number of allylic oxidation sites excluding steroid dienone is 1. The fourth-order valence-corrected chi connectivity index (χ4v) is 2.81. The van der Waals surface area contributed by atoms with Crippen molar-refractivity contribution in [3.05, 3.63) is 64.5 Å². The second-order valence-corrected chi connectivity index (χ2v) is 5.96. The van der Waals surface area contributed by atoms with Crippen LogP contribution in [0.5, 0.6) is 5.88 Å². The van der Waals surface area contributed by atoms with E-state index < -0.39 is 5.97 Å². The molecule has 2 aromatic rings. The second-order valence-electron chi connectivity index (χ2n) is 5.96. The Balaban J connectivity index is 2.30. The molecule has 26 heavy (non-hydrogen) atoms. The molecule has 0 saturated carbocycles. The predicted molar refractivity (Wildman–Crippen MR) is 96.7 cm³/mol. The molecule has 6 heteroatoms. The third-order valence-corrected chi connectivity index (χ3v) is 3.72. The van der Waals surface area contributed by atoms with Gasteiger partial charge in [0.1, 0.15) is 5.71 Å². The largest absolute Gasteiger partial charge is 0.432 e. The number of aromatic nitrogens is 1. The van der Waals surface area contributed by atoms with E-state index in [1.807, 2.05) is 38.1 Å². The summed E-state index contributed by atoms with van der Waals surface area (Å²) < 4.78 is 11.3. The maximum Gasteiger partial charge on any atom is 0.308 e. The molecule has 0 N–H and O–H groups in total. The Hall–Kier alpha value is -3.28. The van der Waals surface area contributed by atoms with Crippen LogP contribution >= 0.6 is 0 Å². The zero-order valence-electron chi connectivity index (χ0n) is 15.0. The molecule has 1 aromatic carbocycles. The topological polar surface area (TPSA) is 77.8 Å². The van der Waals surface area contributed by atoms with Crippen LogP contribution in [-0.4, -0.2) is 22.6 Å². The van der Waals surface area contributed by atoms with Crippen molar-refractivity contribution < 1.29 is 19.1 Å². The standard InChI is InChI=1S/C20H18N2O4/c1-11-10-12(2)21-20-16(11)17(22-13(3)23)19(26-20)18(25-14(4)24)15-8-6-5-7-9-15/h5-10H,1-4H3/b19-18+,22-17?. The first-order chi connectivity index (χ1) is 12.4. The first-order valence-electron chi connectivity index (χ1n) is 8.11. The SMILES string of the molecule is CC(=O)N=C1/C(=C(\OC(C)=O)c2ccccc2)Oc2nc(C)cc(C)c21. The van der Waals surface area contributed by atoms with Crippen molar-refractivity contribution in [1.82, 2.24) is 4.98 Å². The van der Waals surface area contributed by atoms with Crippen LogP contribution < -0.4 is 4.74 Å². The minimum atomic E-state index is -0.501. The minimum absolute atomic E-state index is 0.202. The lowest BCUT2D eigenvalue weighted by molar-refractivity contribution is -0.134. The summed E-state index contributed by atoms with van der Waals surface area (Å²) >= 11 is 0. The quantitative estimate of drug-likeness (QED) is 0.613. The van der Waals surface area contributed by atoms with Gasteiger partial charge < -0.3 is 9.47 Å². The van der Waals surface area contributed by atoms with Gasteiger partial charge in [-0.15, -0.1) is 0 Å². The number of hydrogen-bond acceptors (Lipinski definition) is 5. The van der Waals surface area contributed by atoms with Gasteiger partial charge in [-0.25, -0.2) is 9.98 Å². The van der Waals surface area contributed by atoms with Crippen LogP contribution in [0.15, 0.2) is 47.1 Å². The van der Waals surface area contributed by atoms with Gasteiger partial charge in [0.2, 0.25) is 11.8 Å². The first-order valence-corrected chi connectivity index (χ1v) is 8.11. The molecule has 6 nitrogen and oxygen atoms in total. The monoisotopic (exact) mass is 350 g/mol. The van der Waals surface area contributed by atoms with E-state index in [4.69, 9.17) is 9.47 Å². The van der Waals surface area contributed by atoms with Gasteiger partial charge in [0.25, 0.3) is 0 Å². The maximum absolute atomic E-state index is 11.7. The van der Waals surface area contributed by atoms with Crippen molar-refractivity contribution in [3.8, 4) is 5.88 Å². The maximum atomic E-state index is 11.7. The number of rotatable bonds is 2. The van der Waals surface area contributed by atoms with E-state index in [2.05, 4.69) is 9.98 Å². The molecule has 1 amide bonds. The lowest BCUT2D eigenvalue weighted by Gasteiger charge is -2.11. The number of fused-ring (bicyclic) bond motifs is 1. The van der Waals surface area contributed by atoms with Crippen molar-refractivity contribution >= 4 is 23.3 Å². The van der Waals surface area contributed by atoms with Crippen molar-refractivity contribution in [2.24, 2.45) is 4.99 Å². The van der Waals surface area contributed by atoms with Crippen molar-refractivity contribution in [1.29, 1.82) is 0 Å². The molecule has 0 fully saturated rings. The summed E-state index contributed by atoms with van der Waals surface area (Å²) in [6.07, 6.45) is 0. The number of amides is 1. The summed E-state index contributed by atoms with van der Waals surface area (Å²) in [6.45, 7) is 6.41. The molecule has 0 bridgehead atoms. The van der Waals surface area contributed by atoms with Crippen LogP contribution in [0.25, 0.3) is 5.76 Å². The molecule has 0 aliphatic carbocycles. The van der Waals surface area contributed by atoms with Gasteiger partial charge in [0, 0.05) is 25.1 Å². The average molecular weight is 350 g/mol. The molecule has 0 saturated heterocycles. The molecule has 3 rings (SSSR count). The number of carbonyl (C=O) groups is 2. The summed E-state index contributed by atoms with van der Waals surface area (Å²) in [5.41, 5.74) is 3.23. The zero-order valence-corrected chi connectivity index (χ0v) is 15.0. The molecule has 132 valence electrons. The number of benzene rings is 1. The molecule has 0 radical (unpaired) electrons. The molecule has 1 aliphatic rings. The van der Waals surface area contributed by atoms with E-state index in [1.54, 1.807) is 12.1 Å². The molecule has 0 atom stereocenters. The number of aryl methyl sites for hydroxylation is 2. The average Bonchev–Trinajstić information content (AvgIpc) is 2.90. The second kappa shape index (κ2) is 6.92. The van der Waals surface area contributed by atoms with Gasteiger partial charge in [-0.3, -0.25) is 9.59 Å². The van der Waals surface area contributed by atoms with E-state index in [0.717, 1.165) is 11.3 Å². The number of pyridine rings is 1. The number of hydrogen-bond donors (Lipinski definition) is 0. The summed E-state index contributed by atoms with van der Waals surface area (Å²) in [6, 6.07) is 10.9. The van der Waals surface area contributed by atoms with Gasteiger partial charge in [-0.1, -0.05) is 30.3 Å². The van der Waals surface area contributed by atoms with E-state index in [9.17, 15) is 9.59 Å². The predicted octanol–water partition coefficient (Wildman–Crippen LogP) is 3.36. The molecule has 0 spiro atoms. The Labute approximate surface area is 151 Å². The normalized spacial score (nSPS) is 16.1. The van der Waals surface area contributed by atoms with E-state index in [-0.39, 0.29) is 17.4 Å². The highest BCUT2D eigenvalue weighted by molar-refractivity contribution is 6.22. The van der Waals surface area contributed by atoms with Crippen LogP contribution in [-0.2, 0) is 14.3 Å². The number of ether oxygens (including phenoxy) is 2. The van der Waals surface area contributed by atoms with Crippen molar-refractivity contribution in [3.63, 3.8) is 0 Å². The molecule has 1 aliphatic heterocycles. The van der Waals surface area contributed by atoms with Gasteiger partial charge in [-0.05, 0) is 25.5 Å². The molecular weight excluding hydrogens is 332 g/mol. The Morgan fingerprint density at radius 1 is 1.12 bits per heavy atom. The van der Waals surface area contributed by atoms with E-state index in [0.29, 0.717) is 22.7 Å². The fraction of sp³-hybridized carbons (Fsp3) is 0.200. The Bertz CT molecular complexity index is 959. The molecule has 1 aromatic heterocycles. The fourth-order valence-electron chi connectivity index (χ4n) is 2.81. The summed E-state index contributed by atoms with van der Waals surface area (Å²) in [5, 5.41) is 0. The van der Waals surface area contributed by atoms with Gasteiger partial charge in [0.15, 0.2) is 11.5 Å². The number of carbonyl (C=O) groups excluding carboxylic acids is 2. The number of aliphatic imine (C=N–C) groups is 1. The highest BCUT2D eigenvalue weighted by Gasteiger charge is 2.34. The molecular formula is C20H18N2O4. The van der Waals surface area contributed by atoms with Crippen LogP contribution in [0.2, 0.25) is 0 Å². The first kappa shape index (κ1) is 17.5. The Morgan fingerprint density at radius 2 is 1.81 bits per heavy atom. The number of nitrogens with zero attached hydrogens (tertiary/aromatic N) is 2. The third kappa shape index (κ3) is 3.39. The lowest BCUT2D eigenvalue weighted by Crippen LogP contribution is -2.11. The number of esters is 1. The smallest absolute Gasteiger partial charge is 0.308 e. The van der Waals surface area contributed by atoms with Gasteiger partial charge in [0.05, 0.1) is 5.56 Å². The van der Waals surface area contributed by atoms with Crippen LogP contribution in [0.4, 0.5) is 0 Å². The third-order valence-electron chi connectivity index (χ3n) is 3.72. The minimum Gasteiger partial charge on any atom is -0.432 e. The van der Waals surface area contributed by atoms with E-state index in [1.165, 1.54) is 13.8 Å². The molecule has 0 unspecified atom stereocenters. The van der Waals surface area contributed by atoms with Crippen LogP contribution in [0, 0.1) is 13.8 Å². The summed E-state index contributed by atoms with van der Waals surface area (Å²) in [5.74, 6) is -0.132. The van der Waals surface area contributed by atoms with Crippen LogP contribution in [0.1, 0.15) is 36.2 Å². The van der Waals surface area contributed by atoms with Gasteiger partial charge >= 0.3 is 5.97 Å². The Morgan fingerprint density at radius 3 is 2.42 bits per heavy atom. The Kier molecular flexibility index (Phi) is 4.67. The van der Waals surface area contributed by atoms with E-state index >= 15 is 0 Å².